The molecule has 0 spiro atoms. The predicted molar refractivity (Wildman–Crippen MR) is 92.5 cm³/mol. The number of hydrogen-bond acceptors (Lipinski definition) is 5. The summed E-state index contributed by atoms with van der Waals surface area (Å²) in [5.74, 6) is -0.797. The molecule has 1 saturated heterocycles. The van der Waals surface area contributed by atoms with Crippen molar-refractivity contribution in [2.24, 2.45) is 5.73 Å². The summed E-state index contributed by atoms with van der Waals surface area (Å²) in [6.07, 6.45) is 1.61. The van der Waals surface area contributed by atoms with E-state index < -0.39 is 6.04 Å². The van der Waals surface area contributed by atoms with Crippen molar-refractivity contribution in [1.29, 1.82) is 0 Å². The van der Waals surface area contributed by atoms with Crippen LogP contribution in [0.15, 0.2) is 18.2 Å². The number of amides is 3. The molecule has 1 aromatic carbocycles. The van der Waals surface area contributed by atoms with Gasteiger partial charge in [0, 0.05) is 37.7 Å². The lowest BCUT2D eigenvalue weighted by Crippen LogP contribution is -2.52. The third-order valence-corrected chi connectivity index (χ3v) is 4.96. The van der Waals surface area contributed by atoms with Gasteiger partial charge in [0.2, 0.25) is 11.8 Å². The molecule has 2 unspecified atom stereocenters. The standard InChI is InChI=1S/C18H24N4O3/c1-2-13(8-19)20-9-11-3-4-14-12(7-11)10-22(18(14)25)15-5-6-16(23)21-17(15)24/h3-4,7,13,15,20H,2,5-6,8-10,19H2,1H3,(H,21,23,24). The van der Waals surface area contributed by atoms with Crippen LogP contribution in [0.25, 0.3) is 0 Å². The molecule has 3 amide bonds. The highest BCUT2D eigenvalue weighted by molar-refractivity contribution is 6.05. The molecule has 2 heterocycles. The Labute approximate surface area is 146 Å². The largest absolute Gasteiger partial charge is 0.329 e. The monoisotopic (exact) mass is 344 g/mol. The molecule has 2 aliphatic rings. The van der Waals surface area contributed by atoms with E-state index in [4.69, 9.17) is 5.73 Å². The maximum absolute atomic E-state index is 12.6. The van der Waals surface area contributed by atoms with Gasteiger partial charge < -0.3 is 16.0 Å². The highest BCUT2D eigenvalue weighted by Gasteiger charge is 2.38. The second-order valence-electron chi connectivity index (χ2n) is 6.61. The topological polar surface area (TPSA) is 105 Å². The average molecular weight is 344 g/mol. The SMILES string of the molecule is CCC(CN)NCc1ccc2c(c1)CN(C1CCC(=O)NC1=O)C2=O. The first-order valence-corrected chi connectivity index (χ1v) is 8.73. The van der Waals surface area contributed by atoms with E-state index in [0.717, 1.165) is 17.5 Å². The molecule has 0 bridgehead atoms. The molecule has 0 aliphatic carbocycles. The number of nitrogens with two attached hydrogens (primary N) is 1. The number of hydrogen-bond donors (Lipinski definition) is 3. The second kappa shape index (κ2) is 7.33. The number of carbonyl (C=O) groups excluding carboxylic acids is 3. The zero-order chi connectivity index (χ0) is 18.0. The van der Waals surface area contributed by atoms with Crippen molar-refractivity contribution in [1.82, 2.24) is 15.5 Å². The van der Waals surface area contributed by atoms with E-state index in [1.54, 1.807) is 4.90 Å². The number of benzene rings is 1. The first kappa shape index (κ1) is 17.6. The first-order valence-electron chi connectivity index (χ1n) is 8.73. The summed E-state index contributed by atoms with van der Waals surface area (Å²) in [5, 5.41) is 5.72. The maximum Gasteiger partial charge on any atom is 0.255 e. The molecule has 7 heteroatoms. The number of piperidine rings is 1. The van der Waals surface area contributed by atoms with Gasteiger partial charge in [0.05, 0.1) is 0 Å². The van der Waals surface area contributed by atoms with Gasteiger partial charge in [-0.15, -0.1) is 0 Å². The molecular formula is C18H24N4O3. The number of fused-ring (bicyclic) bond motifs is 1. The maximum atomic E-state index is 12.6. The van der Waals surface area contributed by atoms with Crippen LogP contribution in [0, 0.1) is 0 Å². The summed E-state index contributed by atoms with van der Waals surface area (Å²) >= 11 is 0. The van der Waals surface area contributed by atoms with E-state index in [-0.39, 0.29) is 30.2 Å². The van der Waals surface area contributed by atoms with Crippen LogP contribution in [0.5, 0.6) is 0 Å². The van der Waals surface area contributed by atoms with Crippen molar-refractivity contribution in [2.45, 2.75) is 51.4 Å². The summed E-state index contributed by atoms with van der Waals surface area (Å²) < 4.78 is 0. The van der Waals surface area contributed by atoms with Gasteiger partial charge in [-0.25, -0.2) is 0 Å². The second-order valence-corrected chi connectivity index (χ2v) is 6.61. The molecule has 0 radical (unpaired) electrons. The van der Waals surface area contributed by atoms with Crippen molar-refractivity contribution in [3.63, 3.8) is 0 Å². The Morgan fingerprint density at radius 3 is 2.84 bits per heavy atom. The van der Waals surface area contributed by atoms with E-state index in [2.05, 4.69) is 17.6 Å². The Kier molecular flexibility index (Phi) is 5.15. The third-order valence-electron chi connectivity index (χ3n) is 4.96. The molecule has 7 nitrogen and oxygen atoms in total. The zero-order valence-corrected chi connectivity index (χ0v) is 14.4. The minimum absolute atomic E-state index is 0.141. The molecule has 1 aromatic rings. The number of imide groups is 1. The van der Waals surface area contributed by atoms with Crippen molar-refractivity contribution in [3.05, 3.63) is 34.9 Å². The van der Waals surface area contributed by atoms with Crippen molar-refractivity contribution >= 4 is 17.7 Å². The molecule has 2 atom stereocenters. The van der Waals surface area contributed by atoms with Gasteiger partial charge in [-0.1, -0.05) is 19.1 Å². The summed E-state index contributed by atoms with van der Waals surface area (Å²) in [6, 6.07) is 5.47. The zero-order valence-electron chi connectivity index (χ0n) is 14.4. The number of carbonyl (C=O) groups is 3. The Morgan fingerprint density at radius 2 is 2.16 bits per heavy atom. The molecular weight excluding hydrogens is 320 g/mol. The Bertz CT molecular complexity index is 700. The summed E-state index contributed by atoms with van der Waals surface area (Å²) in [7, 11) is 0. The van der Waals surface area contributed by atoms with Crippen LogP contribution < -0.4 is 16.4 Å². The van der Waals surface area contributed by atoms with Crippen molar-refractivity contribution < 1.29 is 14.4 Å². The van der Waals surface area contributed by atoms with E-state index in [1.165, 1.54) is 0 Å². The quantitative estimate of drug-likeness (QED) is 0.643. The molecule has 0 aromatic heterocycles. The first-order chi connectivity index (χ1) is 12.0. The van der Waals surface area contributed by atoms with Gasteiger partial charge >= 0.3 is 0 Å². The van der Waals surface area contributed by atoms with Gasteiger partial charge in [-0.05, 0) is 30.0 Å². The molecule has 134 valence electrons. The van der Waals surface area contributed by atoms with E-state index in [9.17, 15) is 14.4 Å². The van der Waals surface area contributed by atoms with E-state index >= 15 is 0 Å². The summed E-state index contributed by atoms with van der Waals surface area (Å²) in [5.41, 5.74) is 8.35. The fourth-order valence-electron chi connectivity index (χ4n) is 3.39. The normalized spacial score (nSPS) is 21.3. The van der Waals surface area contributed by atoms with Crippen LogP contribution >= 0.6 is 0 Å². The van der Waals surface area contributed by atoms with Gasteiger partial charge in [-0.2, -0.15) is 0 Å². The van der Waals surface area contributed by atoms with Crippen LogP contribution in [0.2, 0.25) is 0 Å². The summed E-state index contributed by atoms with van der Waals surface area (Å²) in [4.78, 5) is 37.5. The minimum Gasteiger partial charge on any atom is -0.329 e. The molecule has 2 aliphatic heterocycles. The molecule has 25 heavy (non-hydrogen) atoms. The Hall–Kier alpha value is -2.25. The highest BCUT2D eigenvalue weighted by atomic mass is 16.2. The van der Waals surface area contributed by atoms with Gasteiger partial charge in [0.15, 0.2) is 0 Å². The number of nitrogens with one attached hydrogen (secondary N) is 2. The minimum atomic E-state index is -0.569. The third kappa shape index (κ3) is 3.57. The van der Waals surface area contributed by atoms with Gasteiger partial charge in [0.25, 0.3) is 5.91 Å². The Morgan fingerprint density at radius 1 is 1.36 bits per heavy atom. The van der Waals surface area contributed by atoms with Crippen LogP contribution in [0.3, 0.4) is 0 Å². The summed E-state index contributed by atoms with van der Waals surface area (Å²) in [6.45, 7) is 3.77. The van der Waals surface area contributed by atoms with Crippen LogP contribution in [-0.2, 0) is 22.7 Å². The van der Waals surface area contributed by atoms with Gasteiger partial charge in [0.1, 0.15) is 6.04 Å². The predicted octanol–water partition coefficient (Wildman–Crippen LogP) is 0.275. The molecule has 4 N–H and O–H groups in total. The fourth-order valence-corrected chi connectivity index (χ4v) is 3.39. The number of rotatable bonds is 6. The lowest BCUT2D eigenvalue weighted by Gasteiger charge is -2.29. The lowest BCUT2D eigenvalue weighted by atomic mass is 10.0. The molecule has 1 fully saturated rings. The highest BCUT2D eigenvalue weighted by Crippen LogP contribution is 2.28. The van der Waals surface area contributed by atoms with Crippen LogP contribution in [0.1, 0.15) is 47.7 Å². The molecule has 3 rings (SSSR count). The van der Waals surface area contributed by atoms with Crippen molar-refractivity contribution in [2.75, 3.05) is 6.54 Å². The van der Waals surface area contributed by atoms with Crippen molar-refractivity contribution in [3.8, 4) is 0 Å². The average Bonchev–Trinajstić information content (AvgIpc) is 2.92. The molecule has 0 saturated carbocycles. The van der Waals surface area contributed by atoms with Crippen LogP contribution in [-0.4, -0.2) is 41.2 Å². The van der Waals surface area contributed by atoms with E-state index in [1.807, 2.05) is 18.2 Å². The van der Waals surface area contributed by atoms with Crippen LogP contribution in [0.4, 0.5) is 0 Å². The Balaban J connectivity index is 1.71. The number of nitrogens with zero attached hydrogens (tertiary/aromatic N) is 1. The smallest absolute Gasteiger partial charge is 0.255 e. The van der Waals surface area contributed by atoms with Gasteiger partial charge in [-0.3, -0.25) is 19.7 Å². The lowest BCUT2D eigenvalue weighted by molar-refractivity contribution is -0.136. The van der Waals surface area contributed by atoms with E-state index in [0.29, 0.717) is 31.6 Å². The fraction of sp³-hybridized carbons (Fsp3) is 0.500.